The van der Waals surface area contributed by atoms with Gasteiger partial charge in [0.2, 0.25) is 0 Å². The zero-order valence-electron chi connectivity index (χ0n) is 18.0. The number of rotatable bonds is 7. The van der Waals surface area contributed by atoms with Gasteiger partial charge >= 0.3 is 0 Å². The molecule has 0 spiro atoms. The van der Waals surface area contributed by atoms with Gasteiger partial charge in [0, 0.05) is 10.0 Å². The van der Waals surface area contributed by atoms with E-state index in [0.717, 1.165) is 32.4 Å². The van der Waals surface area contributed by atoms with Crippen LogP contribution in [-0.2, 0) is 11.4 Å². The normalized spacial score (nSPS) is 14.4. The number of thiocarbonyl (C=S) groups is 1. The van der Waals surface area contributed by atoms with E-state index in [0.29, 0.717) is 28.6 Å². The van der Waals surface area contributed by atoms with E-state index in [1.807, 2.05) is 36.4 Å². The van der Waals surface area contributed by atoms with Gasteiger partial charge < -0.3 is 9.47 Å². The van der Waals surface area contributed by atoms with Crippen molar-refractivity contribution >= 4 is 62.1 Å². The molecule has 1 aliphatic heterocycles. The van der Waals surface area contributed by atoms with Gasteiger partial charge in [-0.3, -0.25) is 15.0 Å². The van der Waals surface area contributed by atoms with E-state index in [4.69, 9.17) is 21.7 Å². The summed E-state index contributed by atoms with van der Waals surface area (Å²) in [5.74, 6) is 0.317. The monoisotopic (exact) mass is 554 g/mol. The lowest BCUT2D eigenvalue weighted by Gasteiger charge is -2.15. The molecule has 1 N–H and O–H groups in total. The Morgan fingerprint density at radius 3 is 2.53 bits per heavy atom. The summed E-state index contributed by atoms with van der Waals surface area (Å²) in [5.41, 5.74) is 4.77. The van der Waals surface area contributed by atoms with Crippen LogP contribution in [0.25, 0.3) is 6.08 Å². The van der Waals surface area contributed by atoms with Crippen LogP contribution in [0, 0.1) is 0 Å². The molecule has 34 heavy (non-hydrogen) atoms. The van der Waals surface area contributed by atoms with Crippen molar-refractivity contribution in [1.29, 1.82) is 0 Å². The summed E-state index contributed by atoms with van der Waals surface area (Å²) in [4.78, 5) is 25.8. The summed E-state index contributed by atoms with van der Waals surface area (Å²) in [6.45, 7) is 0.410. The van der Waals surface area contributed by atoms with Crippen molar-refractivity contribution in [2.24, 2.45) is 0 Å². The molecule has 0 unspecified atom stereocenters. The summed E-state index contributed by atoms with van der Waals surface area (Å²) in [5, 5.41) is 1.09. The molecule has 1 heterocycles. The molecule has 0 saturated carbocycles. The number of hydrogen-bond donors (Lipinski definition) is 1. The van der Waals surface area contributed by atoms with Gasteiger partial charge in [-0.1, -0.05) is 64.1 Å². The van der Waals surface area contributed by atoms with Gasteiger partial charge in [-0.05, 0) is 65.8 Å². The van der Waals surface area contributed by atoms with E-state index >= 15 is 0 Å². The number of carbonyl (C=O) groups excluding carboxylic acids is 2. The third kappa shape index (κ3) is 5.67. The second kappa shape index (κ2) is 10.9. The highest BCUT2D eigenvalue weighted by Gasteiger charge is 2.33. The second-order valence-corrected chi connectivity index (χ2v) is 9.74. The van der Waals surface area contributed by atoms with Crippen molar-refractivity contribution in [3.8, 4) is 11.5 Å². The highest BCUT2D eigenvalue weighted by molar-refractivity contribution is 9.10. The Labute approximate surface area is 215 Å². The number of benzene rings is 3. The molecule has 1 saturated heterocycles. The fourth-order valence-corrected chi connectivity index (χ4v) is 4.56. The Bertz CT molecular complexity index is 1260. The van der Waals surface area contributed by atoms with Crippen LogP contribution in [0.5, 0.6) is 11.5 Å². The molecule has 172 valence electrons. The van der Waals surface area contributed by atoms with Crippen LogP contribution in [0.15, 0.2) is 82.2 Å². The standard InChI is InChI=1S/C25H19BrN2O4S2/c1-31-21-13-17(7-12-20(21)32-15-16-5-3-2-4-6-16)14-22-24(30)28(25(33)34-22)27-23(29)18-8-10-19(26)11-9-18/h2-14H,15H2,1H3,(H,27,29)/b22-14-. The van der Waals surface area contributed by atoms with Gasteiger partial charge in [0.05, 0.1) is 12.0 Å². The van der Waals surface area contributed by atoms with E-state index < -0.39 is 11.8 Å². The minimum Gasteiger partial charge on any atom is -0.493 e. The number of nitrogens with zero attached hydrogens (tertiary/aromatic N) is 1. The molecule has 0 aliphatic carbocycles. The zero-order chi connectivity index (χ0) is 24.1. The van der Waals surface area contributed by atoms with Crippen LogP contribution in [0.1, 0.15) is 21.5 Å². The molecular formula is C25H19BrN2O4S2. The molecule has 0 radical (unpaired) electrons. The molecule has 0 aromatic heterocycles. The minimum atomic E-state index is -0.424. The third-order valence-corrected chi connectivity index (χ3v) is 6.67. The quantitative estimate of drug-likeness (QED) is 0.303. The van der Waals surface area contributed by atoms with Crippen molar-refractivity contribution in [3.05, 3.63) is 98.9 Å². The smallest absolute Gasteiger partial charge is 0.285 e. The Morgan fingerprint density at radius 2 is 1.82 bits per heavy atom. The van der Waals surface area contributed by atoms with E-state index in [9.17, 15) is 9.59 Å². The predicted octanol–water partition coefficient (Wildman–Crippen LogP) is 5.58. The lowest BCUT2D eigenvalue weighted by molar-refractivity contribution is -0.123. The average Bonchev–Trinajstić information content (AvgIpc) is 3.11. The number of hydrazine groups is 1. The number of methoxy groups -OCH3 is 1. The van der Waals surface area contributed by atoms with Crippen molar-refractivity contribution in [2.75, 3.05) is 7.11 Å². The van der Waals surface area contributed by atoms with Gasteiger partial charge in [0.1, 0.15) is 6.61 Å². The number of hydrogen-bond acceptors (Lipinski definition) is 6. The van der Waals surface area contributed by atoms with E-state index in [2.05, 4.69) is 21.4 Å². The molecular weight excluding hydrogens is 536 g/mol. The van der Waals surface area contributed by atoms with Crippen molar-refractivity contribution in [3.63, 3.8) is 0 Å². The van der Waals surface area contributed by atoms with Crippen molar-refractivity contribution in [1.82, 2.24) is 10.4 Å². The number of thioether (sulfide) groups is 1. The molecule has 0 atom stereocenters. The lowest BCUT2D eigenvalue weighted by atomic mass is 10.2. The maximum atomic E-state index is 12.9. The molecule has 1 aliphatic rings. The van der Waals surface area contributed by atoms with Gasteiger partial charge in [0.25, 0.3) is 11.8 Å². The number of carbonyl (C=O) groups is 2. The third-order valence-electron chi connectivity index (χ3n) is 4.84. The molecule has 1 fully saturated rings. The fraction of sp³-hybridized carbons (Fsp3) is 0.0800. The van der Waals surface area contributed by atoms with E-state index in [1.54, 1.807) is 49.6 Å². The molecule has 6 nitrogen and oxygen atoms in total. The van der Waals surface area contributed by atoms with Crippen LogP contribution in [0.4, 0.5) is 0 Å². The van der Waals surface area contributed by atoms with Crippen LogP contribution in [0.3, 0.4) is 0 Å². The zero-order valence-corrected chi connectivity index (χ0v) is 21.2. The second-order valence-electron chi connectivity index (χ2n) is 7.15. The molecule has 2 amide bonds. The largest absolute Gasteiger partial charge is 0.493 e. The fourth-order valence-electron chi connectivity index (χ4n) is 3.11. The first-order valence-electron chi connectivity index (χ1n) is 10.1. The first-order chi connectivity index (χ1) is 16.4. The highest BCUT2D eigenvalue weighted by atomic mass is 79.9. The molecule has 9 heteroatoms. The molecule has 3 aromatic rings. The summed E-state index contributed by atoms with van der Waals surface area (Å²) < 4.78 is 12.5. The Morgan fingerprint density at radius 1 is 1.09 bits per heavy atom. The number of ether oxygens (including phenoxy) is 2. The molecule has 4 rings (SSSR count). The average molecular weight is 555 g/mol. The summed E-state index contributed by atoms with van der Waals surface area (Å²) in [7, 11) is 1.56. The number of nitrogens with one attached hydrogen (secondary N) is 1. The SMILES string of the molecule is COc1cc(/C=C2\SC(=S)N(NC(=O)c3ccc(Br)cc3)C2=O)ccc1OCc1ccccc1. The van der Waals surface area contributed by atoms with Crippen LogP contribution < -0.4 is 14.9 Å². The predicted molar refractivity (Wildman–Crippen MR) is 140 cm³/mol. The summed E-state index contributed by atoms with van der Waals surface area (Å²) in [6, 6.07) is 22.0. The molecule has 0 bridgehead atoms. The number of amides is 2. The first kappa shape index (κ1) is 24.0. The van der Waals surface area contributed by atoms with Crippen LogP contribution in [0.2, 0.25) is 0 Å². The Kier molecular flexibility index (Phi) is 7.66. The van der Waals surface area contributed by atoms with Crippen molar-refractivity contribution in [2.45, 2.75) is 6.61 Å². The maximum Gasteiger partial charge on any atom is 0.285 e. The molecule has 3 aromatic carbocycles. The topological polar surface area (TPSA) is 67.9 Å². The summed E-state index contributed by atoms with van der Waals surface area (Å²) >= 11 is 9.76. The number of halogens is 1. The van der Waals surface area contributed by atoms with Crippen LogP contribution >= 0.6 is 39.9 Å². The van der Waals surface area contributed by atoms with Gasteiger partial charge in [0.15, 0.2) is 15.8 Å². The highest BCUT2D eigenvalue weighted by Crippen LogP contribution is 2.34. The minimum absolute atomic E-state index is 0.247. The van der Waals surface area contributed by atoms with Gasteiger partial charge in [-0.15, -0.1) is 0 Å². The Balaban J connectivity index is 1.46. The lowest BCUT2D eigenvalue weighted by Crippen LogP contribution is -2.44. The first-order valence-corrected chi connectivity index (χ1v) is 12.2. The van der Waals surface area contributed by atoms with Gasteiger partial charge in [-0.25, -0.2) is 0 Å². The van der Waals surface area contributed by atoms with Gasteiger partial charge in [-0.2, -0.15) is 5.01 Å². The Hall–Kier alpha value is -3.14. The maximum absolute atomic E-state index is 12.9. The van der Waals surface area contributed by atoms with E-state index in [1.165, 1.54) is 0 Å². The summed E-state index contributed by atoms with van der Waals surface area (Å²) in [6.07, 6.45) is 1.70. The van der Waals surface area contributed by atoms with E-state index in [-0.39, 0.29) is 4.32 Å². The van der Waals surface area contributed by atoms with Crippen LogP contribution in [-0.4, -0.2) is 28.3 Å². The van der Waals surface area contributed by atoms with Crippen molar-refractivity contribution < 1.29 is 19.1 Å².